The molecule has 3 aliphatic heterocycles. The number of nitrogens with one attached hydrogen (secondary N) is 1. The minimum Gasteiger partial charge on any atom is -0.379 e. The number of carbonyl (C=O) groups is 3. The highest BCUT2D eigenvalue weighted by Gasteiger charge is 2.51. The fraction of sp³-hybridized carbons (Fsp3) is 0.591. The quantitative estimate of drug-likeness (QED) is 0.719. The van der Waals surface area contributed by atoms with Crippen LogP contribution < -0.4 is 5.32 Å². The summed E-state index contributed by atoms with van der Waals surface area (Å²) in [6.45, 7) is 6.72. The zero-order chi connectivity index (χ0) is 21.0. The molecule has 3 fully saturated rings. The van der Waals surface area contributed by atoms with E-state index in [1.165, 1.54) is 0 Å². The van der Waals surface area contributed by atoms with Crippen LogP contribution >= 0.6 is 0 Å². The van der Waals surface area contributed by atoms with Crippen molar-refractivity contribution in [1.82, 2.24) is 20.0 Å². The van der Waals surface area contributed by atoms with Gasteiger partial charge in [-0.15, -0.1) is 0 Å². The molecule has 1 N–H and O–H groups in total. The van der Waals surface area contributed by atoms with Crippen molar-refractivity contribution in [2.24, 2.45) is 5.41 Å². The van der Waals surface area contributed by atoms with Crippen LogP contribution in [-0.4, -0.2) is 98.0 Å². The number of hydrogen-bond acceptors (Lipinski definition) is 5. The van der Waals surface area contributed by atoms with Crippen LogP contribution in [0.5, 0.6) is 0 Å². The Hall–Kier alpha value is -2.45. The summed E-state index contributed by atoms with van der Waals surface area (Å²) >= 11 is 0. The summed E-state index contributed by atoms with van der Waals surface area (Å²) < 4.78 is 5.38. The van der Waals surface area contributed by atoms with E-state index in [1.807, 2.05) is 11.0 Å². The van der Waals surface area contributed by atoms with Crippen molar-refractivity contribution in [1.29, 1.82) is 0 Å². The van der Waals surface area contributed by atoms with Gasteiger partial charge in [-0.1, -0.05) is 18.2 Å². The molecule has 1 aromatic rings. The molecule has 1 aromatic carbocycles. The SMILES string of the molecule is O=C(NCC(=O)N1CCC2(CCN(CCN3CCOCC3)C2=O)C1)c1ccccc1. The summed E-state index contributed by atoms with van der Waals surface area (Å²) in [5.74, 6) is -0.209. The molecule has 30 heavy (non-hydrogen) atoms. The molecule has 0 saturated carbocycles. The van der Waals surface area contributed by atoms with Crippen LogP contribution in [0.4, 0.5) is 0 Å². The predicted octanol–water partition coefficient (Wildman–Crippen LogP) is 0.200. The molecule has 162 valence electrons. The van der Waals surface area contributed by atoms with Crippen LogP contribution in [-0.2, 0) is 14.3 Å². The Labute approximate surface area is 177 Å². The summed E-state index contributed by atoms with van der Waals surface area (Å²) in [5.41, 5.74) is 0.0921. The molecule has 8 heteroatoms. The highest BCUT2D eigenvalue weighted by molar-refractivity contribution is 5.96. The normalized spacial score (nSPS) is 24.6. The number of nitrogens with zero attached hydrogens (tertiary/aromatic N) is 3. The number of carbonyl (C=O) groups excluding carboxylic acids is 3. The Balaban J connectivity index is 1.25. The molecule has 0 aromatic heterocycles. The molecule has 1 atom stereocenters. The highest BCUT2D eigenvalue weighted by atomic mass is 16.5. The van der Waals surface area contributed by atoms with Gasteiger partial charge < -0.3 is 19.9 Å². The van der Waals surface area contributed by atoms with Crippen molar-refractivity contribution in [3.05, 3.63) is 35.9 Å². The van der Waals surface area contributed by atoms with Gasteiger partial charge in [0.1, 0.15) is 0 Å². The minimum atomic E-state index is -0.440. The number of likely N-dealkylation sites (tertiary alicyclic amines) is 2. The molecule has 3 amide bonds. The Kier molecular flexibility index (Phi) is 6.34. The second kappa shape index (κ2) is 9.14. The van der Waals surface area contributed by atoms with E-state index in [-0.39, 0.29) is 24.3 Å². The molecular formula is C22H30N4O4. The third-order valence-electron chi connectivity index (χ3n) is 6.53. The van der Waals surface area contributed by atoms with Crippen LogP contribution in [0.25, 0.3) is 0 Å². The fourth-order valence-corrected chi connectivity index (χ4v) is 4.62. The van der Waals surface area contributed by atoms with Crippen molar-refractivity contribution in [3.8, 4) is 0 Å². The molecule has 1 unspecified atom stereocenters. The average Bonchev–Trinajstić information content (AvgIpc) is 3.36. The van der Waals surface area contributed by atoms with Crippen molar-refractivity contribution < 1.29 is 19.1 Å². The standard InChI is InChI=1S/C22H30N4O4/c27-19(16-23-20(28)18-4-2-1-3-5-18)26-9-7-22(17-26)6-8-25(21(22)29)11-10-24-12-14-30-15-13-24/h1-5H,6-17H2,(H,23,28). The molecule has 0 radical (unpaired) electrons. The Bertz CT molecular complexity index is 781. The summed E-state index contributed by atoms with van der Waals surface area (Å²) in [5, 5.41) is 2.69. The molecular weight excluding hydrogens is 384 g/mol. The average molecular weight is 415 g/mol. The number of ether oxygens (including phenoxy) is 1. The van der Waals surface area contributed by atoms with Crippen molar-refractivity contribution >= 4 is 17.7 Å². The van der Waals surface area contributed by atoms with Gasteiger partial charge in [-0.3, -0.25) is 19.3 Å². The van der Waals surface area contributed by atoms with E-state index in [4.69, 9.17) is 4.74 Å². The smallest absolute Gasteiger partial charge is 0.251 e. The molecule has 3 heterocycles. The number of rotatable bonds is 6. The first-order chi connectivity index (χ1) is 14.6. The molecule has 1 spiro atoms. The van der Waals surface area contributed by atoms with Crippen molar-refractivity contribution in [2.75, 3.05) is 65.6 Å². The van der Waals surface area contributed by atoms with E-state index in [9.17, 15) is 14.4 Å². The maximum absolute atomic E-state index is 13.1. The number of hydrogen-bond donors (Lipinski definition) is 1. The Morgan fingerprint density at radius 3 is 2.50 bits per heavy atom. The van der Waals surface area contributed by atoms with E-state index in [2.05, 4.69) is 10.2 Å². The highest BCUT2D eigenvalue weighted by Crippen LogP contribution is 2.40. The maximum Gasteiger partial charge on any atom is 0.251 e. The minimum absolute atomic E-state index is 0.0429. The Morgan fingerprint density at radius 2 is 1.73 bits per heavy atom. The molecule has 4 rings (SSSR count). The third kappa shape index (κ3) is 4.49. The van der Waals surface area contributed by atoms with Gasteiger partial charge in [0, 0.05) is 51.4 Å². The zero-order valence-electron chi connectivity index (χ0n) is 17.3. The monoisotopic (exact) mass is 414 g/mol. The number of morpholine rings is 1. The van der Waals surface area contributed by atoms with Crippen LogP contribution in [0, 0.1) is 5.41 Å². The number of amides is 3. The molecule has 3 saturated heterocycles. The molecule has 8 nitrogen and oxygen atoms in total. The first kappa shape index (κ1) is 20.8. The van der Waals surface area contributed by atoms with E-state index in [0.29, 0.717) is 25.1 Å². The summed E-state index contributed by atoms with van der Waals surface area (Å²) in [4.78, 5) is 43.9. The molecule has 0 aliphatic carbocycles. The molecule has 0 bridgehead atoms. The summed E-state index contributed by atoms with van der Waals surface area (Å²) in [6.07, 6.45) is 1.51. The lowest BCUT2D eigenvalue weighted by Gasteiger charge is -2.29. The van der Waals surface area contributed by atoms with E-state index in [0.717, 1.165) is 52.4 Å². The van der Waals surface area contributed by atoms with Gasteiger partial charge in [0.05, 0.1) is 25.2 Å². The van der Waals surface area contributed by atoms with Gasteiger partial charge in [0.25, 0.3) is 5.91 Å². The zero-order valence-corrected chi connectivity index (χ0v) is 17.3. The van der Waals surface area contributed by atoms with Crippen LogP contribution in [0.2, 0.25) is 0 Å². The van der Waals surface area contributed by atoms with Crippen molar-refractivity contribution in [3.63, 3.8) is 0 Å². The van der Waals surface area contributed by atoms with Crippen LogP contribution in [0.3, 0.4) is 0 Å². The van der Waals surface area contributed by atoms with Crippen LogP contribution in [0.1, 0.15) is 23.2 Å². The van der Waals surface area contributed by atoms with Gasteiger partial charge in [-0.2, -0.15) is 0 Å². The topological polar surface area (TPSA) is 82.2 Å². The third-order valence-corrected chi connectivity index (χ3v) is 6.53. The van der Waals surface area contributed by atoms with E-state index >= 15 is 0 Å². The lowest BCUT2D eigenvalue weighted by molar-refractivity contribution is -0.136. The van der Waals surface area contributed by atoms with Crippen LogP contribution in [0.15, 0.2) is 30.3 Å². The maximum atomic E-state index is 13.1. The van der Waals surface area contributed by atoms with Gasteiger partial charge in [0.15, 0.2) is 0 Å². The van der Waals surface area contributed by atoms with Gasteiger partial charge >= 0.3 is 0 Å². The van der Waals surface area contributed by atoms with E-state index < -0.39 is 5.41 Å². The lowest BCUT2D eigenvalue weighted by atomic mass is 9.85. The first-order valence-electron chi connectivity index (χ1n) is 10.8. The van der Waals surface area contributed by atoms with E-state index in [1.54, 1.807) is 29.2 Å². The van der Waals surface area contributed by atoms with Gasteiger partial charge in [-0.05, 0) is 25.0 Å². The summed E-state index contributed by atoms with van der Waals surface area (Å²) in [7, 11) is 0. The first-order valence-corrected chi connectivity index (χ1v) is 10.8. The second-order valence-corrected chi connectivity index (χ2v) is 8.39. The largest absolute Gasteiger partial charge is 0.379 e. The van der Waals surface area contributed by atoms with Crippen molar-refractivity contribution in [2.45, 2.75) is 12.8 Å². The van der Waals surface area contributed by atoms with Gasteiger partial charge in [0.2, 0.25) is 11.8 Å². The fourth-order valence-electron chi connectivity index (χ4n) is 4.62. The predicted molar refractivity (Wildman–Crippen MR) is 111 cm³/mol. The summed E-state index contributed by atoms with van der Waals surface area (Å²) in [6, 6.07) is 8.85. The number of benzene rings is 1. The molecule has 3 aliphatic rings. The second-order valence-electron chi connectivity index (χ2n) is 8.39. The Morgan fingerprint density at radius 1 is 1.00 bits per heavy atom. The van der Waals surface area contributed by atoms with Gasteiger partial charge in [-0.25, -0.2) is 0 Å². The lowest BCUT2D eigenvalue weighted by Crippen LogP contribution is -2.44.